The number of rotatable bonds is 5. The van der Waals surface area contributed by atoms with E-state index < -0.39 is 0 Å². The lowest BCUT2D eigenvalue weighted by molar-refractivity contribution is 0.216. The molecule has 1 aliphatic carbocycles. The molecular formula is C18H28O. The Morgan fingerprint density at radius 2 is 1.89 bits per heavy atom. The van der Waals surface area contributed by atoms with E-state index in [4.69, 9.17) is 4.74 Å². The minimum absolute atomic E-state index is 0.763. The summed E-state index contributed by atoms with van der Waals surface area (Å²) in [5, 5.41) is 0. The quantitative estimate of drug-likeness (QED) is 0.688. The van der Waals surface area contributed by atoms with Gasteiger partial charge in [-0.1, -0.05) is 45.2 Å². The van der Waals surface area contributed by atoms with E-state index in [0.29, 0.717) is 0 Å². The van der Waals surface area contributed by atoms with Crippen molar-refractivity contribution in [3.63, 3.8) is 0 Å². The van der Waals surface area contributed by atoms with Crippen LogP contribution in [0.25, 0.3) is 0 Å². The molecule has 1 aromatic rings. The highest BCUT2D eigenvalue weighted by Crippen LogP contribution is 2.41. The summed E-state index contributed by atoms with van der Waals surface area (Å²) >= 11 is 0. The summed E-state index contributed by atoms with van der Waals surface area (Å²) in [4.78, 5) is 0. The molecule has 0 bridgehead atoms. The molecular weight excluding hydrogens is 232 g/mol. The van der Waals surface area contributed by atoms with Crippen molar-refractivity contribution in [2.45, 2.75) is 58.3 Å². The van der Waals surface area contributed by atoms with E-state index in [9.17, 15) is 0 Å². The van der Waals surface area contributed by atoms with Crippen molar-refractivity contribution < 1.29 is 4.74 Å². The molecule has 0 spiro atoms. The predicted molar refractivity (Wildman–Crippen MR) is 81.8 cm³/mol. The maximum absolute atomic E-state index is 5.24. The Bertz CT molecular complexity index is 368. The van der Waals surface area contributed by atoms with Crippen LogP contribution in [0.1, 0.15) is 63.9 Å². The molecule has 0 saturated heterocycles. The van der Waals surface area contributed by atoms with Crippen LogP contribution in [0.4, 0.5) is 0 Å². The molecule has 1 heteroatoms. The summed E-state index contributed by atoms with van der Waals surface area (Å²) < 4.78 is 5.24. The third kappa shape index (κ3) is 3.75. The summed E-state index contributed by atoms with van der Waals surface area (Å²) in [6.07, 6.45) is 8.32. The normalized spacial score (nSPS) is 27.2. The minimum atomic E-state index is 0.763. The lowest BCUT2D eigenvalue weighted by Crippen LogP contribution is -2.21. The van der Waals surface area contributed by atoms with Crippen molar-refractivity contribution >= 4 is 0 Å². The number of hydrogen-bond acceptors (Lipinski definition) is 1. The van der Waals surface area contributed by atoms with Crippen LogP contribution in [0.3, 0.4) is 0 Å². The molecule has 1 fully saturated rings. The molecule has 0 heterocycles. The predicted octanol–water partition coefficient (Wildman–Crippen LogP) is 5.41. The van der Waals surface area contributed by atoms with Gasteiger partial charge < -0.3 is 4.74 Å². The van der Waals surface area contributed by atoms with Gasteiger partial charge in [0.15, 0.2) is 0 Å². The Morgan fingerprint density at radius 1 is 1.16 bits per heavy atom. The average Bonchev–Trinajstić information content (AvgIpc) is 2.46. The monoisotopic (exact) mass is 260 g/mol. The van der Waals surface area contributed by atoms with Crippen LogP contribution in [0, 0.1) is 11.8 Å². The molecule has 1 aliphatic rings. The number of benzene rings is 1. The SMILES string of the molecule is CCCCC1CCC(c2ccc(OC)cc2)CC1C. The second-order valence-corrected chi connectivity index (χ2v) is 6.16. The minimum Gasteiger partial charge on any atom is -0.497 e. The summed E-state index contributed by atoms with van der Waals surface area (Å²) in [5.41, 5.74) is 1.50. The fourth-order valence-corrected chi connectivity index (χ4v) is 3.53. The molecule has 0 radical (unpaired) electrons. The van der Waals surface area contributed by atoms with Gasteiger partial charge in [-0.3, -0.25) is 0 Å². The summed E-state index contributed by atoms with van der Waals surface area (Å²) in [6, 6.07) is 8.71. The Hall–Kier alpha value is -0.980. The van der Waals surface area contributed by atoms with Crippen molar-refractivity contribution in [3.8, 4) is 5.75 Å². The maximum atomic E-state index is 5.24. The van der Waals surface area contributed by atoms with E-state index in [2.05, 4.69) is 38.1 Å². The average molecular weight is 260 g/mol. The molecule has 1 aromatic carbocycles. The zero-order chi connectivity index (χ0) is 13.7. The molecule has 3 atom stereocenters. The molecule has 2 rings (SSSR count). The molecule has 0 aromatic heterocycles. The molecule has 1 nitrogen and oxygen atoms in total. The van der Waals surface area contributed by atoms with E-state index in [0.717, 1.165) is 23.5 Å². The lowest BCUT2D eigenvalue weighted by atomic mass is 9.71. The van der Waals surface area contributed by atoms with Crippen molar-refractivity contribution in [1.82, 2.24) is 0 Å². The molecule has 0 amide bonds. The highest BCUT2D eigenvalue weighted by Gasteiger charge is 2.27. The standard InChI is InChI=1S/C18H28O/c1-4-5-6-15-7-8-17(13-14(15)2)16-9-11-18(19-3)12-10-16/h9-12,14-15,17H,4-8,13H2,1-3H3. The molecule has 1 saturated carbocycles. The van der Waals surface area contributed by atoms with Crippen molar-refractivity contribution in [1.29, 1.82) is 0 Å². The van der Waals surface area contributed by atoms with Crippen LogP contribution in [-0.2, 0) is 0 Å². The van der Waals surface area contributed by atoms with Crippen LogP contribution in [0.15, 0.2) is 24.3 Å². The molecule has 0 aliphatic heterocycles. The lowest BCUT2D eigenvalue weighted by Gasteiger charge is -2.34. The summed E-state index contributed by atoms with van der Waals surface area (Å²) in [5.74, 6) is 3.58. The Labute approximate surface area is 118 Å². The van der Waals surface area contributed by atoms with Crippen LogP contribution in [0.2, 0.25) is 0 Å². The van der Waals surface area contributed by atoms with Crippen molar-refractivity contribution in [3.05, 3.63) is 29.8 Å². The molecule has 106 valence electrons. The third-order valence-electron chi connectivity index (χ3n) is 4.86. The number of methoxy groups -OCH3 is 1. The first kappa shape index (κ1) is 14.4. The van der Waals surface area contributed by atoms with Crippen molar-refractivity contribution in [2.24, 2.45) is 11.8 Å². The van der Waals surface area contributed by atoms with E-state index in [-0.39, 0.29) is 0 Å². The van der Waals surface area contributed by atoms with Gasteiger partial charge in [-0.05, 0) is 54.7 Å². The number of hydrogen-bond donors (Lipinski definition) is 0. The zero-order valence-corrected chi connectivity index (χ0v) is 12.7. The first-order valence-electron chi connectivity index (χ1n) is 7.88. The Balaban J connectivity index is 1.93. The van der Waals surface area contributed by atoms with Gasteiger partial charge in [0.05, 0.1) is 7.11 Å². The van der Waals surface area contributed by atoms with Gasteiger partial charge in [0, 0.05) is 0 Å². The van der Waals surface area contributed by atoms with Gasteiger partial charge in [0.25, 0.3) is 0 Å². The van der Waals surface area contributed by atoms with E-state index in [1.54, 1.807) is 7.11 Å². The number of ether oxygens (including phenoxy) is 1. The molecule has 3 unspecified atom stereocenters. The molecule has 0 N–H and O–H groups in total. The molecule has 19 heavy (non-hydrogen) atoms. The largest absolute Gasteiger partial charge is 0.497 e. The second-order valence-electron chi connectivity index (χ2n) is 6.16. The van der Waals surface area contributed by atoms with E-state index in [1.165, 1.54) is 44.1 Å². The van der Waals surface area contributed by atoms with E-state index in [1.807, 2.05) is 0 Å². The first-order chi connectivity index (χ1) is 9.24. The number of unbranched alkanes of at least 4 members (excludes halogenated alkanes) is 1. The van der Waals surface area contributed by atoms with Gasteiger partial charge in [0.2, 0.25) is 0 Å². The Morgan fingerprint density at radius 3 is 2.47 bits per heavy atom. The summed E-state index contributed by atoms with van der Waals surface area (Å²) in [6.45, 7) is 4.75. The smallest absolute Gasteiger partial charge is 0.118 e. The highest BCUT2D eigenvalue weighted by atomic mass is 16.5. The fourth-order valence-electron chi connectivity index (χ4n) is 3.53. The summed E-state index contributed by atoms with van der Waals surface area (Å²) in [7, 11) is 1.73. The first-order valence-corrected chi connectivity index (χ1v) is 7.88. The van der Waals surface area contributed by atoms with Gasteiger partial charge in [-0.2, -0.15) is 0 Å². The Kier molecular flexibility index (Phi) is 5.30. The van der Waals surface area contributed by atoms with Gasteiger partial charge in [0.1, 0.15) is 5.75 Å². The third-order valence-corrected chi connectivity index (χ3v) is 4.86. The van der Waals surface area contributed by atoms with Crippen LogP contribution in [-0.4, -0.2) is 7.11 Å². The second kappa shape index (κ2) is 6.98. The zero-order valence-electron chi connectivity index (χ0n) is 12.7. The fraction of sp³-hybridized carbons (Fsp3) is 0.667. The van der Waals surface area contributed by atoms with Crippen LogP contribution in [0.5, 0.6) is 5.75 Å². The van der Waals surface area contributed by atoms with E-state index >= 15 is 0 Å². The van der Waals surface area contributed by atoms with Gasteiger partial charge in [-0.25, -0.2) is 0 Å². The highest BCUT2D eigenvalue weighted by molar-refractivity contribution is 5.29. The topological polar surface area (TPSA) is 9.23 Å². The van der Waals surface area contributed by atoms with Gasteiger partial charge in [-0.15, -0.1) is 0 Å². The van der Waals surface area contributed by atoms with Crippen LogP contribution >= 0.6 is 0 Å². The van der Waals surface area contributed by atoms with Crippen LogP contribution < -0.4 is 4.74 Å². The van der Waals surface area contributed by atoms with Gasteiger partial charge >= 0.3 is 0 Å². The van der Waals surface area contributed by atoms with Crippen molar-refractivity contribution in [2.75, 3.05) is 7.11 Å². The maximum Gasteiger partial charge on any atom is 0.118 e.